The van der Waals surface area contributed by atoms with Gasteiger partial charge >= 0.3 is 0 Å². The zero-order valence-corrected chi connectivity index (χ0v) is 18.2. The molecule has 32 heavy (non-hydrogen) atoms. The van der Waals surface area contributed by atoms with Gasteiger partial charge in [-0.25, -0.2) is 14.6 Å². The highest BCUT2D eigenvalue weighted by Crippen LogP contribution is 2.36. The van der Waals surface area contributed by atoms with Crippen LogP contribution in [0.3, 0.4) is 0 Å². The van der Waals surface area contributed by atoms with E-state index >= 15 is 0 Å². The molecule has 7 heteroatoms. The van der Waals surface area contributed by atoms with Gasteiger partial charge < -0.3 is 14.8 Å². The van der Waals surface area contributed by atoms with Gasteiger partial charge in [0, 0.05) is 48.2 Å². The van der Waals surface area contributed by atoms with Crippen molar-refractivity contribution in [2.45, 2.75) is 26.8 Å². The lowest BCUT2D eigenvalue weighted by Gasteiger charge is -2.07. The zero-order chi connectivity index (χ0) is 21.9. The van der Waals surface area contributed by atoms with Gasteiger partial charge in [-0.15, -0.1) is 0 Å². The summed E-state index contributed by atoms with van der Waals surface area (Å²) in [5.74, 6) is 2.39. The lowest BCUT2D eigenvalue weighted by Crippen LogP contribution is -2.18. The van der Waals surface area contributed by atoms with E-state index in [0.717, 1.165) is 64.2 Å². The molecule has 0 unspecified atom stereocenters. The maximum Gasteiger partial charge on any atom is 0.231 e. The molecule has 2 aromatic carbocycles. The maximum absolute atomic E-state index is 5.57. The smallest absolute Gasteiger partial charge is 0.231 e. The molecule has 7 nitrogen and oxygen atoms in total. The first-order valence-corrected chi connectivity index (χ1v) is 10.7. The number of aromatic nitrogens is 4. The van der Waals surface area contributed by atoms with Crippen molar-refractivity contribution in [1.82, 2.24) is 25.1 Å². The minimum Gasteiger partial charge on any atom is -0.454 e. The molecule has 0 radical (unpaired) electrons. The van der Waals surface area contributed by atoms with Crippen LogP contribution < -0.4 is 14.8 Å². The summed E-state index contributed by atoms with van der Waals surface area (Å²) in [4.78, 5) is 9.05. The van der Waals surface area contributed by atoms with Gasteiger partial charge in [-0.1, -0.05) is 18.2 Å². The molecule has 162 valence electrons. The number of nitrogens with zero attached hydrogens (tertiary/aromatic N) is 4. The van der Waals surface area contributed by atoms with Crippen LogP contribution in [0.1, 0.15) is 22.8 Å². The molecule has 0 saturated carbocycles. The molecule has 0 fully saturated rings. The van der Waals surface area contributed by atoms with Crippen LogP contribution in [0, 0.1) is 13.8 Å². The summed E-state index contributed by atoms with van der Waals surface area (Å²) < 4.78 is 13.0. The maximum atomic E-state index is 5.57. The number of benzene rings is 2. The molecule has 0 bridgehead atoms. The molecule has 1 N–H and O–H groups in total. The zero-order valence-electron chi connectivity index (χ0n) is 18.2. The van der Waals surface area contributed by atoms with Gasteiger partial charge in [0.15, 0.2) is 11.5 Å². The Morgan fingerprint density at radius 2 is 1.72 bits per heavy atom. The molecule has 0 saturated heterocycles. The first-order chi connectivity index (χ1) is 15.7. The Bertz CT molecular complexity index is 1220. The minimum absolute atomic E-state index is 0.256. The molecule has 0 atom stereocenters. The highest BCUT2D eigenvalue weighted by Gasteiger charge is 2.18. The summed E-state index contributed by atoms with van der Waals surface area (Å²) in [6, 6.07) is 18.1. The van der Waals surface area contributed by atoms with Crippen LogP contribution >= 0.6 is 0 Å². The van der Waals surface area contributed by atoms with Crippen molar-refractivity contribution in [3.63, 3.8) is 0 Å². The Morgan fingerprint density at radius 1 is 0.938 bits per heavy atom. The van der Waals surface area contributed by atoms with Crippen LogP contribution in [0.5, 0.6) is 11.5 Å². The predicted molar refractivity (Wildman–Crippen MR) is 122 cm³/mol. The summed E-state index contributed by atoms with van der Waals surface area (Å²) in [5, 5.41) is 8.42. The van der Waals surface area contributed by atoms with Crippen molar-refractivity contribution in [3.05, 3.63) is 83.6 Å². The van der Waals surface area contributed by atoms with Crippen LogP contribution in [0.25, 0.3) is 16.9 Å². The van der Waals surface area contributed by atoms with Gasteiger partial charge in [0.1, 0.15) is 5.82 Å². The fourth-order valence-electron chi connectivity index (χ4n) is 3.87. The van der Waals surface area contributed by atoms with Crippen molar-refractivity contribution in [3.8, 4) is 28.4 Å². The number of para-hydroxylation sites is 1. The van der Waals surface area contributed by atoms with E-state index < -0.39 is 0 Å². The second-order valence-corrected chi connectivity index (χ2v) is 7.84. The second-order valence-electron chi connectivity index (χ2n) is 7.84. The molecular formula is C25H25N5O2. The Balaban J connectivity index is 1.37. The van der Waals surface area contributed by atoms with E-state index in [4.69, 9.17) is 14.6 Å². The van der Waals surface area contributed by atoms with Gasteiger partial charge in [0.25, 0.3) is 0 Å². The highest BCUT2D eigenvalue weighted by atomic mass is 16.7. The lowest BCUT2D eigenvalue weighted by atomic mass is 10.1. The number of fused-ring (bicyclic) bond motifs is 1. The molecule has 1 aliphatic rings. The summed E-state index contributed by atoms with van der Waals surface area (Å²) in [6.07, 6.45) is 2.85. The topological polar surface area (TPSA) is 74.1 Å². The number of hydrogen-bond donors (Lipinski definition) is 1. The Labute approximate surface area is 187 Å². The van der Waals surface area contributed by atoms with Crippen LogP contribution in [0.15, 0.2) is 60.8 Å². The van der Waals surface area contributed by atoms with E-state index in [-0.39, 0.29) is 6.79 Å². The van der Waals surface area contributed by atoms with Crippen molar-refractivity contribution in [1.29, 1.82) is 0 Å². The standard InChI is InChI=1S/C25H25N5O2/c1-17-12-18(2)28-24(27-17)10-11-26-14-20-15-30(21-6-4-3-5-7-21)29-25(20)19-8-9-22-23(13-19)32-16-31-22/h3-9,12-13,15,26H,10-11,14,16H2,1-2H3. The van der Waals surface area contributed by atoms with E-state index in [2.05, 4.69) is 21.5 Å². The Hall–Kier alpha value is -3.71. The molecule has 0 amide bonds. The van der Waals surface area contributed by atoms with Crippen LogP contribution in [-0.4, -0.2) is 33.1 Å². The Morgan fingerprint density at radius 3 is 2.53 bits per heavy atom. The van der Waals surface area contributed by atoms with E-state index in [9.17, 15) is 0 Å². The number of hydrogen-bond acceptors (Lipinski definition) is 6. The lowest BCUT2D eigenvalue weighted by molar-refractivity contribution is 0.174. The van der Waals surface area contributed by atoms with Crippen molar-refractivity contribution in [2.24, 2.45) is 0 Å². The quantitative estimate of drug-likeness (QED) is 0.449. The van der Waals surface area contributed by atoms with E-state index in [0.29, 0.717) is 6.54 Å². The van der Waals surface area contributed by atoms with Crippen molar-refractivity contribution in [2.75, 3.05) is 13.3 Å². The van der Waals surface area contributed by atoms with Crippen molar-refractivity contribution < 1.29 is 9.47 Å². The summed E-state index contributed by atoms with van der Waals surface area (Å²) in [5.41, 5.74) is 6.04. The van der Waals surface area contributed by atoms with Gasteiger partial charge in [0.05, 0.1) is 11.4 Å². The number of ether oxygens (including phenoxy) is 2. The van der Waals surface area contributed by atoms with E-state index in [1.807, 2.05) is 73.1 Å². The van der Waals surface area contributed by atoms with Crippen molar-refractivity contribution >= 4 is 0 Å². The number of rotatable bonds is 7. The third-order valence-electron chi connectivity index (χ3n) is 5.33. The predicted octanol–water partition coefficient (Wildman–Crippen LogP) is 4.01. The first kappa shape index (κ1) is 20.2. The van der Waals surface area contributed by atoms with Gasteiger partial charge in [-0.3, -0.25) is 0 Å². The number of nitrogens with one attached hydrogen (secondary N) is 1. The fourth-order valence-corrected chi connectivity index (χ4v) is 3.87. The van der Waals surface area contributed by atoms with Crippen LogP contribution in [-0.2, 0) is 13.0 Å². The number of aryl methyl sites for hydroxylation is 2. The molecule has 4 aromatic rings. The molecule has 5 rings (SSSR count). The third-order valence-corrected chi connectivity index (χ3v) is 5.33. The first-order valence-electron chi connectivity index (χ1n) is 10.7. The van der Waals surface area contributed by atoms with Gasteiger partial charge in [-0.2, -0.15) is 5.10 Å². The molecule has 0 spiro atoms. The van der Waals surface area contributed by atoms with E-state index in [1.54, 1.807) is 0 Å². The second kappa shape index (κ2) is 8.80. The summed E-state index contributed by atoms with van der Waals surface area (Å²) in [7, 11) is 0. The summed E-state index contributed by atoms with van der Waals surface area (Å²) >= 11 is 0. The monoisotopic (exact) mass is 427 g/mol. The largest absolute Gasteiger partial charge is 0.454 e. The molecular weight excluding hydrogens is 402 g/mol. The van der Waals surface area contributed by atoms with Gasteiger partial charge in [0.2, 0.25) is 6.79 Å². The molecule has 1 aliphatic heterocycles. The Kier molecular flexibility index (Phi) is 5.56. The van der Waals surface area contributed by atoms with Gasteiger partial charge in [-0.05, 0) is 50.2 Å². The van der Waals surface area contributed by atoms with Crippen LogP contribution in [0.2, 0.25) is 0 Å². The SMILES string of the molecule is Cc1cc(C)nc(CCNCc2cn(-c3ccccc3)nc2-c2ccc3c(c2)OCO3)n1. The molecule has 3 heterocycles. The normalized spacial score (nSPS) is 12.3. The molecule has 2 aromatic heterocycles. The van der Waals surface area contributed by atoms with Crippen LogP contribution in [0.4, 0.5) is 0 Å². The van der Waals surface area contributed by atoms with E-state index in [1.165, 1.54) is 0 Å². The highest BCUT2D eigenvalue weighted by molar-refractivity contribution is 5.67. The average molecular weight is 428 g/mol. The third kappa shape index (κ3) is 4.33. The fraction of sp³-hybridized carbons (Fsp3) is 0.240. The molecule has 0 aliphatic carbocycles. The minimum atomic E-state index is 0.256. The average Bonchev–Trinajstić information content (AvgIpc) is 3.43. The summed E-state index contributed by atoms with van der Waals surface area (Å²) in [6.45, 7) is 5.72.